The molecule has 1 fully saturated rings. The Bertz CT molecular complexity index is 496. The van der Waals surface area contributed by atoms with Gasteiger partial charge in [-0.15, -0.1) is 0 Å². The van der Waals surface area contributed by atoms with Crippen LogP contribution in [0.25, 0.3) is 6.08 Å². The number of carbonyl (C=O) groups excluding carboxylic acids is 1. The van der Waals surface area contributed by atoms with Gasteiger partial charge in [-0.3, -0.25) is 4.79 Å². The fourth-order valence-corrected chi connectivity index (χ4v) is 2.26. The molecule has 0 aliphatic carbocycles. The van der Waals surface area contributed by atoms with Crippen LogP contribution in [0.15, 0.2) is 24.3 Å². The molecule has 4 nitrogen and oxygen atoms in total. The van der Waals surface area contributed by atoms with E-state index in [1.165, 1.54) is 6.08 Å². The molecule has 0 aromatic heterocycles. The lowest BCUT2D eigenvalue weighted by Gasteiger charge is -2.09. The normalized spacial score (nSPS) is 18.4. The Hall–Kier alpha value is -1.52. The maximum Gasteiger partial charge on any atom is 0.244 e. The van der Waals surface area contributed by atoms with Crippen LogP contribution in [0.4, 0.5) is 0 Å². The Labute approximate surface area is 123 Å². The maximum atomic E-state index is 11.7. The molecule has 1 aromatic carbocycles. The van der Waals surface area contributed by atoms with Crippen molar-refractivity contribution in [1.29, 1.82) is 0 Å². The van der Waals surface area contributed by atoms with Gasteiger partial charge in [0, 0.05) is 29.8 Å². The molecule has 1 atom stereocenters. The maximum absolute atomic E-state index is 11.7. The van der Waals surface area contributed by atoms with Crippen molar-refractivity contribution in [3.63, 3.8) is 0 Å². The topological polar surface area (TPSA) is 47.6 Å². The minimum atomic E-state index is -0.150. The van der Waals surface area contributed by atoms with E-state index >= 15 is 0 Å². The summed E-state index contributed by atoms with van der Waals surface area (Å²) in [5.41, 5.74) is 0.771. The molecule has 0 saturated carbocycles. The first-order valence-electron chi connectivity index (χ1n) is 6.60. The van der Waals surface area contributed by atoms with Crippen LogP contribution in [0, 0.1) is 0 Å². The molecular weight excluding hydrogens is 278 g/mol. The van der Waals surface area contributed by atoms with Gasteiger partial charge >= 0.3 is 0 Å². The average Bonchev–Trinajstić information content (AvgIpc) is 2.96. The number of benzene rings is 1. The number of rotatable bonds is 5. The van der Waals surface area contributed by atoms with E-state index in [0.29, 0.717) is 17.3 Å². The van der Waals surface area contributed by atoms with Crippen molar-refractivity contribution < 1.29 is 14.3 Å². The summed E-state index contributed by atoms with van der Waals surface area (Å²) in [4.78, 5) is 11.7. The smallest absolute Gasteiger partial charge is 0.244 e. The SMILES string of the molecule is COc1ccc(Cl)cc1/C=C/C(=O)NCC1CCCO1. The van der Waals surface area contributed by atoms with Gasteiger partial charge in [-0.25, -0.2) is 0 Å². The lowest BCUT2D eigenvalue weighted by Crippen LogP contribution is -2.30. The summed E-state index contributed by atoms with van der Waals surface area (Å²) < 4.78 is 10.7. The van der Waals surface area contributed by atoms with Gasteiger partial charge in [0.25, 0.3) is 0 Å². The highest BCUT2D eigenvalue weighted by atomic mass is 35.5. The largest absolute Gasteiger partial charge is 0.496 e. The highest BCUT2D eigenvalue weighted by Crippen LogP contribution is 2.23. The van der Waals surface area contributed by atoms with E-state index in [4.69, 9.17) is 21.1 Å². The lowest BCUT2D eigenvalue weighted by molar-refractivity contribution is -0.116. The second kappa shape index (κ2) is 7.31. The van der Waals surface area contributed by atoms with Gasteiger partial charge in [0.05, 0.1) is 13.2 Å². The summed E-state index contributed by atoms with van der Waals surface area (Å²) in [7, 11) is 1.58. The van der Waals surface area contributed by atoms with Gasteiger partial charge < -0.3 is 14.8 Å². The zero-order valence-electron chi connectivity index (χ0n) is 11.4. The lowest BCUT2D eigenvalue weighted by atomic mass is 10.2. The molecule has 1 aliphatic heterocycles. The fraction of sp³-hybridized carbons (Fsp3) is 0.400. The van der Waals surface area contributed by atoms with Crippen LogP contribution in [-0.2, 0) is 9.53 Å². The van der Waals surface area contributed by atoms with Gasteiger partial charge in [0.15, 0.2) is 0 Å². The second-order valence-electron chi connectivity index (χ2n) is 4.60. The van der Waals surface area contributed by atoms with Gasteiger partial charge in [-0.1, -0.05) is 11.6 Å². The van der Waals surface area contributed by atoms with E-state index in [0.717, 1.165) is 25.0 Å². The fourth-order valence-electron chi connectivity index (χ4n) is 2.08. The summed E-state index contributed by atoms with van der Waals surface area (Å²) in [5, 5.41) is 3.42. The van der Waals surface area contributed by atoms with Crippen LogP contribution < -0.4 is 10.1 Å². The van der Waals surface area contributed by atoms with E-state index in [9.17, 15) is 4.79 Å². The Balaban J connectivity index is 1.90. The third kappa shape index (κ3) is 4.25. The molecule has 0 bridgehead atoms. The predicted molar refractivity (Wildman–Crippen MR) is 79.0 cm³/mol. The highest BCUT2D eigenvalue weighted by Gasteiger charge is 2.15. The van der Waals surface area contributed by atoms with E-state index < -0.39 is 0 Å². The number of hydrogen-bond acceptors (Lipinski definition) is 3. The summed E-state index contributed by atoms with van der Waals surface area (Å²) in [6.07, 6.45) is 5.38. The van der Waals surface area contributed by atoms with Crippen molar-refractivity contribution in [1.82, 2.24) is 5.32 Å². The van der Waals surface area contributed by atoms with E-state index in [2.05, 4.69) is 5.32 Å². The van der Waals surface area contributed by atoms with E-state index in [1.807, 2.05) is 0 Å². The summed E-state index contributed by atoms with van der Waals surface area (Å²) in [6, 6.07) is 5.27. The van der Waals surface area contributed by atoms with E-state index in [1.54, 1.807) is 31.4 Å². The molecule has 0 spiro atoms. The minimum Gasteiger partial charge on any atom is -0.496 e. The molecule has 1 aliphatic rings. The first-order chi connectivity index (χ1) is 9.69. The predicted octanol–water partition coefficient (Wildman–Crippen LogP) is 2.66. The summed E-state index contributed by atoms with van der Waals surface area (Å²) >= 11 is 5.93. The number of ether oxygens (including phenoxy) is 2. The molecule has 1 aromatic rings. The van der Waals surface area contributed by atoms with Gasteiger partial charge in [0.1, 0.15) is 5.75 Å². The summed E-state index contributed by atoms with van der Waals surface area (Å²) in [5.74, 6) is 0.528. The van der Waals surface area contributed by atoms with Crippen molar-refractivity contribution >= 4 is 23.6 Å². The number of carbonyl (C=O) groups is 1. The minimum absolute atomic E-state index is 0.146. The van der Waals surface area contributed by atoms with Crippen LogP contribution in [0.2, 0.25) is 5.02 Å². The van der Waals surface area contributed by atoms with Crippen LogP contribution in [0.1, 0.15) is 18.4 Å². The number of halogens is 1. The van der Waals surface area contributed by atoms with Crippen molar-refractivity contribution in [3.8, 4) is 5.75 Å². The summed E-state index contributed by atoms with van der Waals surface area (Å²) in [6.45, 7) is 1.34. The van der Waals surface area contributed by atoms with Gasteiger partial charge in [-0.05, 0) is 37.1 Å². The molecule has 5 heteroatoms. The van der Waals surface area contributed by atoms with Crippen molar-refractivity contribution in [2.24, 2.45) is 0 Å². The average molecular weight is 296 g/mol. The number of nitrogens with one attached hydrogen (secondary N) is 1. The molecule has 1 unspecified atom stereocenters. The van der Waals surface area contributed by atoms with Crippen LogP contribution in [0.3, 0.4) is 0 Å². The Kier molecular flexibility index (Phi) is 5.44. The molecule has 1 heterocycles. The van der Waals surface area contributed by atoms with Crippen molar-refractivity contribution in [2.75, 3.05) is 20.3 Å². The number of hydrogen-bond donors (Lipinski definition) is 1. The zero-order chi connectivity index (χ0) is 14.4. The zero-order valence-corrected chi connectivity index (χ0v) is 12.2. The van der Waals surface area contributed by atoms with Crippen LogP contribution >= 0.6 is 11.6 Å². The van der Waals surface area contributed by atoms with Gasteiger partial charge in [0.2, 0.25) is 5.91 Å². The molecule has 2 rings (SSSR count). The van der Waals surface area contributed by atoms with Crippen LogP contribution in [-0.4, -0.2) is 32.3 Å². The standard InChI is InChI=1S/C15H18ClNO3/c1-19-14-6-5-12(16)9-11(14)4-7-15(18)17-10-13-3-2-8-20-13/h4-7,9,13H,2-3,8,10H2,1H3,(H,17,18)/b7-4+. The number of amides is 1. The first-order valence-corrected chi connectivity index (χ1v) is 6.98. The molecular formula is C15H18ClNO3. The molecule has 1 saturated heterocycles. The number of methoxy groups -OCH3 is 1. The molecule has 1 N–H and O–H groups in total. The quantitative estimate of drug-likeness (QED) is 0.850. The third-order valence-corrected chi connectivity index (χ3v) is 3.37. The van der Waals surface area contributed by atoms with E-state index in [-0.39, 0.29) is 12.0 Å². The highest BCUT2D eigenvalue weighted by molar-refractivity contribution is 6.30. The second-order valence-corrected chi connectivity index (χ2v) is 5.04. The monoisotopic (exact) mass is 295 g/mol. The molecule has 0 radical (unpaired) electrons. The van der Waals surface area contributed by atoms with Gasteiger partial charge in [-0.2, -0.15) is 0 Å². The molecule has 1 amide bonds. The Morgan fingerprint density at radius 1 is 1.60 bits per heavy atom. The molecule has 20 heavy (non-hydrogen) atoms. The van der Waals surface area contributed by atoms with Crippen LogP contribution in [0.5, 0.6) is 5.75 Å². The third-order valence-electron chi connectivity index (χ3n) is 3.13. The Morgan fingerprint density at radius 2 is 2.45 bits per heavy atom. The van der Waals surface area contributed by atoms with Crippen molar-refractivity contribution in [3.05, 3.63) is 34.9 Å². The molecule has 108 valence electrons. The first kappa shape index (κ1) is 14.9. The van der Waals surface area contributed by atoms with Crippen molar-refractivity contribution in [2.45, 2.75) is 18.9 Å². The Morgan fingerprint density at radius 3 is 3.15 bits per heavy atom.